The molecule has 1 N–H and O–H groups in total. The molecule has 0 amide bonds. The molecule has 2 heterocycles. The number of ether oxygens (including phenoxy) is 1. The molecule has 2 atom stereocenters. The largest absolute Gasteiger partial charge is 0.444 e. The molecule has 4 nitrogen and oxygen atoms in total. The highest BCUT2D eigenvalue weighted by Gasteiger charge is 2.30. The van der Waals surface area contributed by atoms with Crippen LogP contribution in [-0.4, -0.2) is 6.73 Å². The van der Waals surface area contributed by atoms with Gasteiger partial charge in [-0.1, -0.05) is 30.3 Å². The molecule has 0 bridgehead atoms. The zero-order valence-corrected chi connectivity index (χ0v) is 16.5. The average molecular weight is 376 g/mol. The van der Waals surface area contributed by atoms with Crippen LogP contribution in [0.25, 0.3) is 11.0 Å². The van der Waals surface area contributed by atoms with Crippen molar-refractivity contribution in [2.24, 2.45) is 0 Å². The quantitative estimate of drug-likeness (QED) is 0.697. The van der Waals surface area contributed by atoms with E-state index < -0.39 is 0 Å². The monoisotopic (exact) mass is 376 g/mol. The first-order chi connectivity index (χ1) is 13.6. The predicted molar refractivity (Wildman–Crippen MR) is 109 cm³/mol. The van der Waals surface area contributed by atoms with Gasteiger partial charge in [-0.15, -0.1) is 0 Å². The third-order valence-corrected chi connectivity index (χ3v) is 6.50. The molecule has 0 fully saturated rings. The number of benzene rings is 2. The fourth-order valence-corrected chi connectivity index (χ4v) is 4.84. The summed E-state index contributed by atoms with van der Waals surface area (Å²) in [5, 5.41) is 1.11. The topological polar surface area (TPSA) is 43.9 Å². The van der Waals surface area contributed by atoms with Gasteiger partial charge < -0.3 is 9.15 Å². The summed E-state index contributed by atoms with van der Waals surface area (Å²) in [5.74, 6) is 0.899. The van der Waals surface area contributed by atoms with Crippen molar-refractivity contribution in [3.8, 4) is 5.75 Å². The molecule has 1 aliphatic carbocycles. The highest BCUT2D eigenvalue weighted by molar-refractivity contribution is 5.87. The summed E-state index contributed by atoms with van der Waals surface area (Å²) in [4.78, 5) is 13.9. The number of fused-ring (bicyclic) bond motifs is 4. The number of nitrogens with one attached hydrogen (secondary N) is 1. The van der Waals surface area contributed by atoms with Crippen LogP contribution in [0.5, 0.6) is 5.75 Å². The highest BCUT2D eigenvalue weighted by atomic mass is 16.5. The molecule has 144 valence electrons. The van der Waals surface area contributed by atoms with Gasteiger partial charge >= 0.3 is 5.63 Å². The normalized spacial score (nSPS) is 19.6. The number of rotatable bonds is 2. The van der Waals surface area contributed by atoms with Crippen molar-refractivity contribution in [3.05, 3.63) is 74.6 Å². The summed E-state index contributed by atoms with van der Waals surface area (Å²) < 4.78 is 12.0. The smallest absolute Gasteiger partial charge is 0.339 e. The SMILES string of the molecule is Cc1c2c(cc3c4c(c(=O)oc13)CCCC4)C[NH+]([C@@H](C)c1ccccc1)CO2. The minimum absolute atomic E-state index is 0.161. The van der Waals surface area contributed by atoms with Crippen molar-refractivity contribution >= 4 is 11.0 Å². The van der Waals surface area contributed by atoms with Gasteiger partial charge in [0.05, 0.1) is 0 Å². The van der Waals surface area contributed by atoms with Crippen LogP contribution in [0, 0.1) is 6.92 Å². The van der Waals surface area contributed by atoms with E-state index in [1.165, 1.54) is 21.6 Å². The summed E-state index contributed by atoms with van der Waals surface area (Å²) in [7, 11) is 0. The van der Waals surface area contributed by atoms with Crippen LogP contribution >= 0.6 is 0 Å². The standard InChI is InChI=1S/C24H25NO3/c1-15-22-18(13-25(14-27-22)16(2)17-8-4-3-5-9-17)12-21-19-10-6-7-11-20(19)24(26)28-23(15)21/h3-5,8-9,12,16H,6-7,10-11,13-14H2,1-2H3/p+1/t16-/m0/s1. The molecule has 4 heteroatoms. The molecule has 2 aromatic carbocycles. The average Bonchev–Trinajstić information content (AvgIpc) is 2.75. The molecule has 0 spiro atoms. The molecule has 3 aromatic rings. The number of hydrogen-bond donors (Lipinski definition) is 1. The third-order valence-electron chi connectivity index (χ3n) is 6.50. The zero-order valence-electron chi connectivity index (χ0n) is 16.5. The second-order valence-electron chi connectivity index (χ2n) is 8.18. The zero-order chi connectivity index (χ0) is 19.3. The molecule has 5 rings (SSSR count). The van der Waals surface area contributed by atoms with E-state index in [9.17, 15) is 4.79 Å². The van der Waals surface area contributed by atoms with Gasteiger partial charge in [-0.3, -0.25) is 4.90 Å². The first-order valence-corrected chi connectivity index (χ1v) is 10.3. The summed E-state index contributed by atoms with van der Waals surface area (Å²) >= 11 is 0. The van der Waals surface area contributed by atoms with Crippen molar-refractivity contribution in [1.82, 2.24) is 0 Å². The van der Waals surface area contributed by atoms with Gasteiger partial charge in [-0.05, 0) is 51.2 Å². The molecule has 1 aromatic heterocycles. The molecular formula is C24H26NO3+. The fourth-order valence-electron chi connectivity index (χ4n) is 4.84. The van der Waals surface area contributed by atoms with E-state index in [4.69, 9.17) is 9.15 Å². The molecular weight excluding hydrogens is 350 g/mol. The lowest BCUT2D eigenvalue weighted by molar-refractivity contribution is -0.960. The Kier molecular flexibility index (Phi) is 4.24. The second-order valence-corrected chi connectivity index (χ2v) is 8.18. The van der Waals surface area contributed by atoms with Gasteiger partial charge in [0.25, 0.3) is 0 Å². The van der Waals surface area contributed by atoms with E-state index in [1.54, 1.807) is 0 Å². The minimum Gasteiger partial charge on any atom is -0.444 e. The van der Waals surface area contributed by atoms with Crippen LogP contribution in [0.2, 0.25) is 0 Å². The minimum atomic E-state index is -0.161. The maximum atomic E-state index is 12.5. The Hall–Kier alpha value is -2.59. The third kappa shape index (κ3) is 2.75. The van der Waals surface area contributed by atoms with Gasteiger partial charge in [-0.25, -0.2) is 4.79 Å². The van der Waals surface area contributed by atoms with E-state index in [-0.39, 0.29) is 5.63 Å². The molecule has 2 aliphatic rings. The summed E-state index contributed by atoms with van der Waals surface area (Å²) in [6, 6.07) is 13.2. The van der Waals surface area contributed by atoms with Gasteiger partial charge in [0, 0.05) is 27.6 Å². The van der Waals surface area contributed by atoms with Crippen molar-refractivity contribution in [2.45, 2.75) is 52.1 Å². The number of quaternary nitrogens is 1. The van der Waals surface area contributed by atoms with E-state index in [0.717, 1.165) is 54.5 Å². The Balaban J connectivity index is 1.59. The number of aryl methyl sites for hydroxylation is 2. The molecule has 1 unspecified atom stereocenters. The van der Waals surface area contributed by atoms with Crippen molar-refractivity contribution in [1.29, 1.82) is 0 Å². The summed E-state index contributed by atoms with van der Waals surface area (Å²) in [6.45, 7) is 5.80. The van der Waals surface area contributed by atoms with E-state index in [0.29, 0.717) is 18.4 Å². The Morgan fingerprint density at radius 3 is 2.61 bits per heavy atom. The van der Waals surface area contributed by atoms with Crippen molar-refractivity contribution in [3.63, 3.8) is 0 Å². The van der Waals surface area contributed by atoms with Gasteiger partial charge in [0.1, 0.15) is 23.9 Å². The van der Waals surface area contributed by atoms with Crippen molar-refractivity contribution < 1.29 is 14.1 Å². The van der Waals surface area contributed by atoms with Crippen LogP contribution < -0.4 is 15.3 Å². The van der Waals surface area contributed by atoms with E-state index in [2.05, 4.69) is 43.3 Å². The first-order valence-electron chi connectivity index (χ1n) is 10.3. The maximum Gasteiger partial charge on any atom is 0.339 e. The lowest BCUT2D eigenvalue weighted by atomic mass is 9.89. The van der Waals surface area contributed by atoms with Crippen LogP contribution in [0.1, 0.15) is 53.6 Å². The molecule has 28 heavy (non-hydrogen) atoms. The van der Waals surface area contributed by atoms with E-state index in [1.807, 2.05) is 6.92 Å². The van der Waals surface area contributed by atoms with Crippen LogP contribution in [-0.2, 0) is 19.4 Å². The predicted octanol–water partition coefficient (Wildman–Crippen LogP) is 3.48. The van der Waals surface area contributed by atoms with Crippen LogP contribution in [0.3, 0.4) is 0 Å². The van der Waals surface area contributed by atoms with Crippen LogP contribution in [0.15, 0.2) is 45.6 Å². The van der Waals surface area contributed by atoms with E-state index >= 15 is 0 Å². The fraction of sp³-hybridized carbons (Fsp3) is 0.375. The summed E-state index contributed by atoms with van der Waals surface area (Å²) in [5.41, 5.74) is 6.14. The lowest BCUT2D eigenvalue weighted by Gasteiger charge is -2.32. The lowest BCUT2D eigenvalue weighted by Crippen LogP contribution is -3.12. The molecule has 0 saturated heterocycles. The number of hydrogen-bond acceptors (Lipinski definition) is 3. The van der Waals surface area contributed by atoms with Gasteiger partial charge in [-0.2, -0.15) is 0 Å². The molecule has 0 saturated carbocycles. The molecule has 1 aliphatic heterocycles. The summed E-state index contributed by atoms with van der Waals surface area (Å²) in [6.07, 6.45) is 4.01. The molecule has 0 radical (unpaired) electrons. The van der Waals surface area contributed by atoms with Gasteiger partial charge in [0.15, 0.2) is 0 Å². The Morgan fingerprint density at radius 1 is 1.07 bits per heavy atom. The Labute approximate surface area is 164 Å². The maximum absolute atomic E-state index is 12.5. The van der Waals surface area contributed by atoms with Crippen LogP contribution in [0.4, 0.5) is 0 Å². The first kappa shape index (κ1) is 17.5. The van der Waals surface area contributed by atoms with Crippen molar-refractivity contribution in [2.75, 3.05) is 6.73 Å². The second kappa shape index (κ2) is 6.78. The Bertz CT molecular complexity index is 1100. The van der Waals surface area contributed by atoms with Gasteiger partial charge in [0.2, 0.25) is 6.73 Å². The highest BCUT2D eigenvalue weighted by Crippen LogP contribution is 2.36. The Morgan fingerprint density at radius 2 is 1.82 bits per heavy atom.